The fourth-order valence-electron chi connectivity index (χ4n) is 1.91. The fourth-order valence-corrected chi connectivity index (χ4v) is 1.91. The molecular formula is C17H40N2O3. The Bertz CT molecular complexity index is 244. The lowest BCUT2D eigenvalue weighted by Crippen LogP contribution is -2.48. The Hall–Kier alpha value is -0.650. The third-order valence-electron chi connectivity index (χ3n) is 3.00. The topological polar surface area (TPSA) is 50.8 Å². The van der Waals surface area contributed by atoms with E-state index in [0.717, 1.165) is 45.9 Å². The molecule has 0 bridgehead atoms. The van der Waals surface area contributed by atoms with Crippen LogP contribution in [0.1, 0.15) is 55.8 Å². The van der Waals surface area contributed by atoms with Crippen molar-refractivity contribution in [3.8, 4) is 0 Å². The maximum Gasteiger partial charge on any atom is 0.216 e. The number of hydrogen-bond donors (Lipinski definition) is 1. The number of rotatable bonds is 8. The van der Waals surface area contributed by atoms with Gasteiger partial charge in [0.25, 0.3) is 0 Å². The maximum absolute atomic E-state index is 10.8. The summed E-state index contributed by atoms with van der Waals surface area (Å²) in [6, 6.07) is 0. The molecule has 1 heterocycles. The fraction of sp³-hybridized carbons (Fsp3) is 0.941. The van der Waals surface area contributed by atoms with E-state index < -0.39 is 0 Å². The Morgan fingerprint density at radius 3 is 2.59 bits per heavy atom. The highest BCUT2D eigenvalue weighted by atomic mass is 16.5. The van der Waals surface area contributed by atoms with Gasteiger partial charge in [-0.25, -0.2) is 0 Å². The number of ether oxygens (including phenoxy) is 2. The standard InChI is InChI=1S/C13H26N2O3.2C2H6.H2/c1-3-4-7-17-8-5-15-6-9-18-13(11-15)10-14-12(2)16;2*1-2;/h13H,3-11H2,1-2H3,(H,14,16);2*1-2H3;1H. The van der Waals surface area contributed by atoms with E-state index in [0.29, 0.717) is 6.54 Å². The van der Waals surface area contributed by atoms with E-state index in [4.69, 9.17) is 9.47 Å². The van der Waals surface area contributed by atoms with Gasteiger partial charge in [0.05, 0.1) is 19.3 Å². The van der Waals surface area contributed by atoms with Gasteiger partial charge in [-0.3, -0.25) is 9.69 Å². The zero-order valence-electron chi connectivity index (χ0n) is 15.6. The molecule has 1 saturated heterocycles. The van der Waals surface area contributed by atoms with Gasteiger partial charge in [0.2, 0.25) is 5.91 Å². The number of carbonyl (C=O) groups is 1. The monoisotopic (exact) mass is 320 g/mol. The summed E-state index contributed by atoms with van der Waals surface area (Å²) in [5.74, 6) is -0.00128. The van der Waals surface area contributed by atoms with E-state index in [-0.39, 0.29) is 13.4 Å². The largest absolute Gasteiger partial charge is 0.380 e. The van der Waals surface area contributed by atoms with Crippen LogP contribution in [0.5, 0.6) is 0 Å². The van der Waals surface area contributed by atoms with Crippen LogP contribution in [0.4, 0.5) is 0 Å². The third-order valence-corrected chi connectivity index (χ3v) is 3.00. The van der Waals surface area contributed by atoms with Crippen molar-refractivity contribution in [1.29, 1.82) is 0 Å². The minimum atomic E-state index is -0.00128. The van der Waals surface area contributed by atoms with Gasteiger partial charge in [-0.2, -0.15) is 0 Å². The molecule has 1 N–H and O–H groups in total. The van der Waals surface area contributed by atoms with Gasteiger partial charge < -0.3 is 14.8 Å². The second-order valence-electron chi connectivity index (χ2n) is 4.70. The molecule has 1 atom stereocenters. The number of nitrogens with zero attached hydrogens (tertiary/aromatic N) is 1. The van der Waals surface area contributed by atoms with Crippen LogP contribution < -0.4 is 5.32 Å². The molecule has 0 radical (unpaired) electrons. The lowest BCUT2D eigenvalue weighted by Gasteiger charge is -2.32. The second-order valence-corrected chi connectivity index (χ2v) is 4.70. The molecule has 136 valence electrons. The lowest BCUT2D eigenvalue weighted by molar-refractivity contribution is -0.120. The van der Waals surface area contributed by atoms with Gasteiger partial charge in [-0.05, 0) is 6.42 Å². The average molecular weight is 321 g/mol. The highest BCUT2D eigenvalue weighted by molar-refractivity contribution is 5.72. The first-order chi connectivity index (χ1) is 10.7. The van der Waals surface area contributed by atoms with Crippen LogP contribution in [0.25, 0.3) is 0 Å². The third kappa shape index (κ3) is 14.3. The molecule has 5 nitrogen and oxygen atoms in total. The summed E-state index contributed by atoms with van der Waals surface area (Å²) in [4.78, 5) is 13.2. The molecule has 1 rings (SSSR count). The van der Waals surface area contributed by atoms with Gasteiger partial charge >= 0.3 is 0 Å². The van der Waals surface area contributed by atoms with E-state index in [1.54, 1.807) is 0 Å². The van der Waals surface area contributed by atoms with E-state index in [1.165, 1.54) is 13.3 Å². The molecule has 0 saturated carbocycles. The van der Waals surface area contributed by atoms with Crippen LogP contribution in [0.2, 0.25) is 0 Å². The molecular weight excluding hydrogens is 280 g/mol. The van der Waals surface area contributed by atoms with Crippen molar-refractivity contribution in [2.45, 2.75) is 60.5 Å². The van der Waals surface area contributed by atoms with Gasteiger partial charge in [0.1, 0.15) is 0 Å². The van der Waals surface area contributed by atoms with Gasteiger partial charge in [-0.1, -0.05) is 41.0 Å². The normalized spacial score (nSPS) is 17.6. The predicted molar refractivity (Wildman–Crippen MR) is 95.4 cm³/mol. The molecule has 1 unspecified atom stereocenters. The van der Waals surface area contributed by atoms with Crippen molar-refractivity contribution in [1.82, 2.24) is 10.2 Å². The van der Waals surface area contributed by atoms with Crippen molar-refractivity contribution in [3.05, 3.63) is 0 Å². The molecule has 22 heavy (non-hydrogen) atoms. The minimum Gasteiger partial charge on any atom is -0.380 e. The molecule has 0 aliphatic carbocycles. The molecule has 1 amide bonds. The number of morpholine rings is 1. The van der Waals surface area contributed by atoms with Gasteiger partial charge in [-0.15, -0.1) is 0 Å². The average Bonchev–Trinajstić information content (AvgIpc) is 2.57. The zero-order chi connectivity index (χ0) is 17.2. The van der Waals surface area contributed by atoms with Crippen molar-refractivity contribution in [2.75, 3.05) is 46.0 Å². The van der Waals surface area contributed by atoms with Gasteiger partial charge in [0, 0.05) is 41.1 Å². The molecule has 1 aliphatic rings. The SMILES string of the molecule is CC.CC.CCCCOCCN1CCOC(CNC(C)=O)C1.[HH]. The highest BCUT2D eigenvalue weighted by Crippen LogP contribution is 2.04. The van der Waals surface area contributed by atoms with Crippen LogP contribution in [-0.2, 0) is 14.3 Å². The first kappa shape index (κ1) is 23.6. The van der Waals surface area contributed by atoms with Crippen LogP contribution in [0.15, 0.2) is 0 Å². The summed E-state index contributed by atoms with van der Waals surface area (Å²) in [7, 11) is 0. The predicted octanol–water partition coefficient (Wildman–Crippen LogP) is 2.94. The maximum atomic E-state index is 10.8. The van der Waals surface area contributed by atoms with E-state index in [9.17, 15) is 4.79 Å². The quantitative estimate of drug-likeness (QED) is 0.699. The molecule has 0 spiro atoms. The van der Waals surface area contributed by atoms with Crippen LogP contribution >= 0.6 is 0 Å². The molecule has 0 aromatic rings. The first-order valence-corrected chi connectivity index (χ1v) is 8.88. The smallest absolute Gasteiger partial charge is 0.216 e. The van der Waals surface area contributed by atoms with Crippen molar-refractivity contribution < 1.29 is 15.7 Å². The zero-order valence-corrected chi connectivity index (χ0v) is 15.6. The Kier molecular flexibility index (Phi) is 19.7. The van der Waals surface area contributed by atoms with Crippen LogP contribution in [-0.4, -0.2) is 62.9 Å². The summed E-state index contributed by atoms with van der Waals surface area (Å²) < 4.78 is 11.2. The lowest BCUT2D eigenvalue weighted by atomic mass is 10.2. The molecule has 1 fully saturated rings. The van der Waals surface area contributed by atoms with Crippen molar-refractivity contribution in [2.24, 2.45) is 0 Å². The number of hydrogen-bond acceptors (Lipinski definition) is 4. The van der Waals surface area contributed by atoms with E-state index >= 15 is 0 Å². The van der Waals surface area contributed by atoms with Gasteiger partial charge in [0.15, 0.2) is 0 Å². The van der Waals surface area contributed by atoms with Crippen LogP contribution in [0.3, 0.4) is 0 Å². The summed E-state index contributed by atoms with van der Waals surface area (Å²) in [6.07, 6.45) is 2.42. The number of nitrogens with one attached hydrogen (secondary N) is 1. The summed E-state index contributed by atoms with van der Waals surface area (Å²) in [5, 5.41) is 2.80. The second kappa shape index (κ2) is 18.4. The number of unbranched alkanes of at least 4 members (excludes halogenated alkanes) is 1. The highest BCUT2D eigenvalue weighted by Gasteiger charge is 2.20. The van der Waals surface area contributed by atoms with E-state index in [2.05, 4.69) is 17.1 Å². The Labute approximate surface area is 139 Å². The van der Waals surface area contributed by atoms with E-state index in [1.807, 2.05) is 27.7 Å². The molecule has 0 aromatic carbocycles. The summed E-state index contributed by atoms with van der Waals surface area (Å²) in [6.45, 7) is 17.4. The van der Waals surface area contributed by atoms with Crippen molar-refractivity contribution >= 4 is 5.91 Å². The summed E-state index contributed by atoms with van der Waals surface area (Å²) in [5.41, 5.74) is 0. The Morgan fingerprint density at radius 1 is 1.32 bits per heavy atom. The Morgan fingerprint density at radius 2 is 2.00 bits per heavy atom. The Balaban J connectivity index is -0.000000739. The van der Waals surface area contributed by atoms with Crippen LogP contribution in [0, 0.1) is 0 Å². The van der Waals surface area contributed by atoms with Crippen molar-refractivity contribution in [3.63, 3.8) is 0 Å². The minimum absolute atomic E-state index is 0. The molecule has 1 aliphatic heterocycles. The molecule has 5 heteroatoms. The summed E-state index contributed by atoms with van der Waals surface area (Å²) >= 11 is 0. The molecule has 0 aromatic heterocycles. The number of amides is 1. The number of carbonyl (C=O) groups excluding carboxylic acids is 1. The first-order valence-electron chi connectivity index (χ1n) is 8.88.